The van der Waals surface area contributed by atoms with E-state index in [1.165, 1.54) is 0 Å². The second kappa shape index (κ2) is 7.38. The summed E-state index contributed by atoms with van der Waals surface area (Å²) >= 11 is 0. The van der Waals surface area contributed by atoms with Crippen LogP contribution in [0, 0.1) is 5.92 Å². The first-order valence-corrected chi connectivity index (χ1v) is 7.32. The van der Waals surface area contributed by atoms with Crippen LogP contribution in [-0.4, -0.2) is 25.5 Å². The lowest BCUT2D eigenvalue weighted by atomic mass is 9.99. The minimum absolute atomic E-state index is 0.188. The summed E-state index contributed by atoms with van der Waals surface area (Å²) in [5.74, 6) is -0.771. The van der Waals surface area contributed by atoms with E-state index < -0.39 is 16.3 Å². The van der Waals surface area contributed by atoms with Crippen LogP contribution in [0.1, 0.15) is 40.5 Å². The Balaban J connectivity index is 5.49. The largest absolute Gasteiger partial charge is 0.463 e. The summed E-state index contributed by atoms with van der Waals surface area (Å²) in [5.41, 5.74) is 0.435. The number of esters is 1. The highest BCUT2D eigenvalue weighted by Gasteiger charge is 2.22. The van der Waals surface area contributed by atoms with Gasteiger partial charge < -0.3 is 4.74 Å². The molecule has 0 saturated carbocycles. The first-order chi connectivity index (χ1) is 8.22. The highest BCUT2D eigenvalue weighted by molar-refractivity contribution is 7.83. The Morgan fingerprint density at radius 1 is 1.33 bits per heavy atom. The number of ether oxygens (including phenoxy) is 1. The third kappa shape index (κ3) is 6.02. The molecule has 7 heteroatoms. The van der Waals surface area contributed by atoms with Crippen molar-refractivity contribution in [2.75, 3.05) is 6.61 Å². The first kappa shape index (κ1) is 16.9. The molecule has 0 aliphatic rings. The van der Waals surface area contributed by atoms with E-state index in [4.69, 9.17) is 9.29 Å². The molecule has 0 aromatic rings. The van der Waals surface area contributed by atoms with Gasteiger partial charge in [-0.2, -0.15) is 8.42 Å². The van der Waals surface area contributed by atoms with Crippen molar-refractivity contribution in [1.29, 1.82) is 0 Å². The standard InChI is InChI=1S/C11H21NO5S/c1-5-7-9(12-18(14,15)16)10(8(3)4)11(13)17-6-2/h8,12H,5-7H2,1-4H3,(H,14,15,16). The molecule has 0 heterocycles. The van der Waals surface area contributed by atoms with Crippen LogP contribution in [0.5, 0.6) is 0 Å². The molecule has 0 saturated heterocycles. The summed E-state index contributed by atoms with van der Waals surface area (Å²) in [7, 11) is -4.39. The van der Waals surface area contributed by atoms with Crippen LogP contribution >= 0.6 is 0 Å². The van der Waals surface area contributed by atoms with Crippen molar-refractivity contribution in [1.82, 2.24) is 4.72 Å². The SMILES string of the molecule is CCCC(NS(=O)(=O)O)=C(C(=O)OCC)C(C)C. The third-order valence-corrected chi connectivity index (χ3v) is 2.65. The van der Waals surface area contributed by atoms with Crippen molar-refractivity contribution in [2.45, 2.75) is 40.5 Å². The summed E-state index contributed by atoms with van der Waals surface area (Å²) in [4.78, 5) is 11.8. The predicted octanol–water partition coefficient (Wildman–Crippen LogP) is 1.65. The molecule has 2 N–H and O–H groups in total. The van der Waals surface area contributed by atoms with Gasteiger partial charge in [-0.05, 0) is 19.3 Å². The van der Waals surface area contributed by atoms with Gasteiger partial charge in [0.05, 0.1) is 12.2 Å². The highest BCUT2D eigenvalue weighted by Crippen LogP contribution is 2.19. The molecule has 0 aliphatic carbocycles. The van der Waals surface area contributed by atoms with Gasteiger partial charge in [-0.25, -0.2) is 4.79 Å². The van der Waals surface area contributed by atoms with Gasteiger partial charge >= 0.3 is 16.3 Å². The Bertz CT molecular complexity index is 411. The smallest absolute Gasteiger partial charge is 0.357 e. The second-order valence-corrected chi connectivity index (χ2v) is 5.25. The van der Waals surface area contributed by atoms with E-state index in [-0.39, 0.29) is 23.8 Å². The second-order valence-electron chi connectivity index (χ2n) is 4.09. The lowest BCUT2D eigenvalue weighted by molar-refractivity contribution is -0.139. The number of rotatable bonds is 7. The molecule has 0 aromatic carbocycles. The first-order valence-electron chi connectivity index (χ1n) is 5.88. The predicted molar refractivity (Wildman–Crippen MR) is 68.1 cm³/mol. The monoisotopic (exact) mass is 279 g/mol. The zero-order chi connectivity index (χ0) is 14.3. The van der Waals surface area contributed by atoms with Crippen molar-refractivity contribution in [3.05, 3.63) is 11.3 Å². The molecule has 18 heavy (non-hydrogen) atoms. The van der Waals surface area contributed by atoms with Gasteiger partial charge in [0.1, 0.15) is 0 Å². The maximum Gasteiger partial charge on any atom is 0.357 e. The molecule has 0 unspecified atom stereocenters. The maximum atomic E-state index is 11.8. The molecule has 0 bridgehead atoms. The van der Waals surface area contributed by atoms with Gasteiger partial charge in [-0.15, -0.1) is 0 Å². The molecule has 0 atom stereocenters. The number of allylic oxidation sites excluding steroid dienone is 1. The van der Waals surface area contributed by atoms with E-state index in [1.807, 2.05) is 11.6 Å². The van der Waals surface area contributed by atoms with Crippen molar-refractivity contribution >= 4 is 16.3 Å². The fourth-order valence-electron chi connectivity index (χ4n) is 1.56. The highest BCUT2D eigenvalue weighted by atomic mass is 32.2. The van der Waals surface area contributed by atoms with Crippen molar-refractivity contribution in [3.8, 4) is 0 Å². The molecular formula is C11H21NO5S. The van der Waals surface area contributed by atoms with Crippen LogP contribution in [0.3, 0.4) is 0 Å². The van der Waals surface area contributed by atoms with Gasteiger partial charge in [0.25, 0.3) is 0 Å². The fraction of sp³-hybridized carbons (Fsp3) is 0.727. The van der Waals surface area contributed by atoms with E-state index in [0.717, 1.165) is 0 Å². The average Bonchev–Trinajstić information content (AvgIpc) is 2.15. The minimum atomic E-state index is -4.39. The summed E-state index contributed by atoms with van der Waals surface area (Å²) in [6.07, 6.45) is 0.972. The van der Waals surface area contributed by atoms with Gasteiger partial charge in [0.15, 0.2) is 0 Å². The zero-order valence-corrected chi connectivity index (χ0v) is 12.0. The molecule has 0 aliphatic heterocycles. The molecule has 0 spiro atoms. The molecular weight excluding hydrogens is 258 g/mol. The summed E-state index contributed by atoms with van der Waals surface area (Å²) in [6.45, 7) is 7.24. The summed E-state index contributed by atoms with van der Waals surface area (Å²) < 4.78 is 37.5. The van der Waals surface area contributed by atoms with Gasteiger partial charge in [-0.1, -0.05) is 27.2 Å². The van der Waals surface area contributed by atoms with Crippen LogP contribution in [0.2, 0.25) is 0 Å². The van der Waals surface area contributed by atoms with Crippen LogP contribution in [0.4, 0.5) is 0 Å². The van der Waals surface area contributed by atoms with E-state index in [2.05, 4.69) is 0 Å². The minimum Gasteiger partial charge on any atom is -0.463 e. The Labute approximate surface area is 108 Å². The molecule has 0 aromatic heterocycles. The summed E-state index contributed by atoms with van der Waals surface area (Å²) in [6, 6.07) is 0. The topological polar surface area (TPSA) is 92.7 Å². The van der Waals surface area contributed by atoms with Crippen LogP contribution in [0.25, 0.3) is 0 Å². The van der Waals surface area contributed by atoms with Gasteiger partial charge in [0, 0.05) is 5.70 Å². The Morgan fingerprint density at radius 2 is 1.89 bits per heavy atom. The molecule has 0 amide bonds. The van der Waals surface area contributed by atoms with E-state index in [9.17, 15) is 13.2 Å². The van der Waals surface area contributed by atoms with Crippen LogP contribution < -0.4 is 4.72 Å². The number of carbonyl (C=O) groups excluding carboxylic acids is 1. The molecule has 6 nitrogen and oxygen atoms in total. The fourth-order valence-corrected chi connectivity index (χ4v) is 2.09. The molecule has 106 valence electrons. The third-order valence-electron chi connectivity index (χ3n) is 2.15. The normalized spacial score (nSPS) is 13.2. The number of carbonyl (C=O) groups is 1. The van der Waals surface area contributed by atoms with Gasteiger partial charge in [0.2, 0.25) is 0 Å². The quantitative estimate of drug-likeness (QED) is 0.420. The number of hydrogen-bond acceptors (Lipinski definition) is 4. The molecule has 0 fully saturated rings. The van der Waals surface area contributed by atoms with Crippen LogP contribution in [-0.2, 0) is 19.8 Å². The Hall–Kier alpha value is -1.08. The summed E-state index contributed by atoms with van der Waals surface area (Å²) in [5, 5.41) is 0. The van der Waals surface area contributed by atoms with Crippen molar-refractivity contribution < 1.29 is 22.5 Å². The zero-order valence-electron chi connectivity index (χ0n) is 11.2. The maximum absolute atomic E-state index is 11.8. The van der Waals surface area contributed by atoms with Crippen molar-refractivity contribution in [2.24, 2.45) is 5.92 Å². The lowest BCUT2D eigenvalue weighted by Gasteiger charge is -2.17. The van der Waals surface area contributed by atoms with E-state index in [1.54, 1.807) is 20.8 Å². The number of hydrogen-bond donors (Lipinski definition) is 2. The van der Waals surface area contributed by atoms with E-state index in [0.29, 0.717) is 12.8 Å². The lowest BCUT2D eigenvalue weighted by Crippen LogP contribution is -2.27. The van der Waals surface area contributed by atoms with Crippen LogP contribution in [0.15, 0.2) is 11.3 Å². The molecule has 0 rings (SSSR count). The average molecular weight is 279 g/mol. The van der Waals surface area contributed by atoms with Gasteiger partial charge in [-0.3, -0.25) is 9.27 Å². The van der Waals surface area contributed by atoms with Crippen molar-refractivity contribution in [3.63, 3.8) is 0 Å². The Morgan fingerprint density at radius 3 is 2.22 bits per heavy atom. The van der Waals surface area contributed by atoms with E-state index >= 15 is 0 Å². The molecule has 0 radical (unpaired) electrons. The Kier molecular flexibility index (Phi) is 6.93. The number of nitrogens with one attached hydrogen (secondary N) is 1.